The topological polar surface area (TPSA) is 42.3 Å². The Morgan fingerprint density at radius 3 is 2.59 bits per heavy atom. The number of hydrogen-bond acceptors (Lipinski definition) is 4. The summed E-state index contributed by atoms with van der Waals surface area (Å²) in [4.78, 5) is 16.4. The normalized spacial score (nSPS) is 15.5. The minimum atomic E-state index is -0.721. The first-order valence-electron chi connectivity index (χ1n) is 13.9. The van der Waals surface area contributed by atoms with Gasteiger partial charge in [0.15, 0.2) is 0 Å². The smallest absolute Gasteiger partial charge is 0.122 e. The fourth-order valence-electron chi connectivity index (χ4n) is 5.06. The van der Waals surface area contributed by atoms with E-state index < -0.39 is 5.54 Å². The molecular formula is C35H38N2OS. The summed E-state index contributed by atoms with van der Waals surface area (Å²) in [5, 5.41) is 4.98. The van der Waals surface area contributed by atoms with Crippen molar-refractivity contribution in [2.75, 3.05) is 5.75 Å². The molecule has 3 nitrogen and oxygen atoms in total. The number of aryl methyl sites for hydroxylation is 2. The van der Waals surface area contributed by atoms with Crippen LogP contribution in [0.4, 0.5) is 0 Å². The van der Waals surface area contributed by atoms with Crippen molar-refractivity contribution >= 4 is 34.8 Å². The maximum absolute atomic E-state index is 11.6. The Hall–Kier alpha value is -3.24. The molecule has 5 rings (SSSR count). The fraction of sp³-hybridized carbons (Fsp3) is 0.343. The van der Waals surface area contributed by atoms with E-state index >= 15 is 0 Å². The Bertz CT molecular complexity index is 1500. The molecule has 0 saturated heterocycles. The van der Waals surface area contributed by atoms with E-state index in [0.717, 1.165) is 35.0 Å². The van der Waals surface area contributed by atoms with Gasteiger partial charge in [-0.1, -0.05) is 84.9 Å². The van der Waals surface area contributed by atoms with E-state index in [1.165, 1.54) is 40.8 Å². The molecule has 0 spiro atoms. The van der Waals surface area contributed by atoms with Crippen molar-refractivity contribution in [3.63, 3.8) is 0 Å². The van der Waals surface area contributed by atoms with Crippen LogP contribution in [-0.4, -0.2) is 10.7 Å². The van der Waals surface area contributed by atoms with Gasteiger partial charge in [-0.2, -0.15) is 11.8 Å². The molecule has 1 unspecified atom stereocenters. The summed E-state index contributed by atoms with van der Waals surface area (Å²) in [6.07, 6.45) is 8.88. The largest absolute Gasteiger partial charge is 0.248 e. The quantitative estimate of drug-likeness (QED) is 0.180. The second kappa shape index (κ2) is 11.5. The zero-order valence-electron chi connectivity index (χ0n) is 23.5. The Labute approximate surface area is 237 Å². The minimum absolute atomic E-state index is 0.387. The van der Waals surface area contributed by atoms with Crippen LogP contribution in [0.3, 0.4) is 0 Å². The monoisotopic (exact) mass is 534 g/mol. The molecule has 1 saturated carbocycles. The lowest BCUT2D eigenvalue weighted by Crippen LogP contribution is -2.16. The van der Waals surface area contributed by atoms with E-state index in [2.05, 4.69) is 116 Å². The lowest BCUT2D eigenvalue weighted by Gasteiger charge is -2.23. The van der Waals surface area contributed by atoms with Gasteiger partial charge in [0.25, 0.3) is 0 Å². The SMILES string of the molecule is Cc1ccc2ccc(/C=C/c3cccc(C(CCc4ccccc4C(C)(C)N=O)SCC4(C)CC4)c3)nc2c1. The molecule has 1 heterocycles. The zero-order valence-corrected chi connectivity index (χ0v) is 24.3. The van der Waals surface area contributed by atoms with Crippen LogP contribution in [0.25, 0.3) is 23.1 Å². The molecular weight excluding hydrogens is 496 g/mol. The molecule has 4 heteroatoms. The third kappa shape index (κ3) is 6.86. The molecule has 39 heavy (non-hydrogen) atoms. The number of nitroso groups, excluding NO2 is 1. The molecule has 0 aliphatic heterocycles. The summed E-state index contributed by atoms with van der Waals surface area (Å²) in [6, 6.07) is 27.8. The predicted molar refractivity (Wildman–Crippen MR) is 168 cm³/mol. The van der Waals surface area contributed by atoms with Crippen molar-refractivity contribution in [2.45, 2.75) is 64.2 Å². The van der Waals surface area contributed by atoms with E-state index in [0.29, 0.717) is 10.7 Å². The number of nitrogens with zero attached hydrogens (tertiary/aromatic N) is 2. The first-order chi connectivity index (χ1) is 18.7. The molecule has 1 atom stereocenters. The van der Waals surface area contributed by atoms with Crippen molar-refractivity contribution in [3.8, 4) is 0 Å². The van der Waals surface area contributed by atoms with Crippen LogP contribution in [0.1, 0.15) is 78.8 Å². The molecule has 1 fully saturated rings. The van der Waals surface area contributed by atoms with E-state index in [9.17, 15) is 4.91 Å². The molecule has 0 bridgehead atoms. The van der Waals surface area contributed by atoms with Gasteiger partial charge in [-0.05, 0) is 104 Å². The van der Waals surface area contributed by atoms with Crippen LogP contribution in [0, 0.1) is 17.2 Å². The number of aromatic nitrogens is 1. The second-order valence-corrected chi connectivity index (χ2v) is 13.1. The maximum Gasteiger partial charge on any atom is 0.122 e. The summed E-state index contributed by atoms with van der Waals surface area (Å²) < 4.78 is 0. The third-order valence-corrected chi connectivity index (χ3v) is 9.69. The Kier molecular flexibility index (Phi) is 8.04. The van der Waals surface area contributed by atoms with Gasteiger partial charge in [-0.25, -0.2) is 4.98 Å². The van der Waals surface area contributed by atoms with Gasteiger partial charge in [-0.15, -0.1) is 4.91 Å². The molecule has 0 amide bonds. The molecule has 1 aromatic heterocycles. The summed E-state index contributed by atoms with van der Waals surface area (Å²) in [5.74, 6) is 1.18. The summed E-state index contributed by atoms with van der Waals surface area (Å²) in [5.41, 5.74) is 7.79. The second-order valence-electron chi connectivity index (χ2n) is 11.9. The van der Waals surface area contributed by atoms with Crippen LogP contribution < -0.4 is 0 Å². The van der Waals surface area contributed by atoms with Crippen molar-refractivity contribution in [3.05, 3.63) is 117 Å². The van der Waals surface area contributed by atoms with E-state index in [4.69, 9.17) is 4.98 Å². The molecule has 4 aromatic rings. The van der Waals surface area contributed by atoms with Gasteiger partial charge in [-0.3, -0.25) is 0 Å². The average molecular weight is 535 g/mol. The number of fused-ring (bicyclic) bond motifs is 1. The summed E-state index contributed by atoms with van der Waals surface area (Å²) in [7, 11) is 0. The Balaban J connectivity index is 1.36. The summed E-state index contributed by atoms with van der Waals surface area (Å²) >= 11 is 2.09. The number of pyridine rings is 1. The highest BCUT2D eigenvalue weighted by Crippen LogP contribution is 2.50. The number of thioether (sulfide) groups is 1. The highest BCUT2D eigenvalue weighted by Gasteiger charge is 2.37. The van der Waals surface area contributed by atoms with Crippen molar-refractivity contribution in [1.82, 2.24) is 4.98 Å². The lowest BCUT2D eigenvalue weighted by atomic mass is 9.88. The maximum atomic E-state index is 11.6. The molecule has 200 valence electrons. The number of rotatable bonds is 11. The van der Waals surface area contributed by atoms with Crippen molar-refractivity contribution in [1.29, 1.82) is 0 Å². The van der Waals surface area contributed by atoms with E-state index in [1.54, 1.807) is 0 Å². The molecule has 3 aromatic carbocycles. The zero-order chi connectivity index (χ0) is 27.5. The third-order valence-electron chi connectivity index (χ3n) is 7.92. The summed E-state index contributed by atoms with van der Waals surface area (Å²) in [6.45, 7) is 8.31. The van der Waals surface area contributed by atoms with Gasteiger partial charge >= 0.3 is 0 Å². The fourth-order valence-corrected chi connectivity index (χ4v) is 6.57. The Morgan fingerprint density at radius 2 is 1.79 bits per heavy atom. The number of benzene rings is 3. The van der Waals surface area contributed by atoms with E-state index in [1.807, 2.05) is 19.9 Å². The first kappa shape index (κ1) is 27.3. The van der Waals surface area contributed by atoms with Gasteiger partial charge in [0, 0.05) is 10.6 Å². The Morgan fingerprint density at radius 1 is 1.00 bits per heavy atom. The minimum Gasteiger partial charge on any atom is -0.248 e. The van der Waals surface area contributed by atoms with Crippen LogP contribution >= 0.6 is 11.8 Å². The molecule has 0 N–H and O–H groups in total. The van der Waals surface area contributed by atoms with Gasteiger partial charge in [0.1, 0.15) is 5.54 Å². The molecule has 1 aliphatic carbocycles. The highest BCUT2D eigenvalue weighted by atomic mass is 32.2. The van der Waals surface area contributed by atoms with Crippen LogP contribution in [0.15, 0.2) is 84.0 Å². The van der Waals surface area contributed by atoms with E-state index in [-0.39, 0.29) is 0 Å². The van der Waals surface area contributed by atoms with Crippen LogP contribution in [0.2, 0.25) is 0 Å². The first-order valence-corrected chi connectivity index (χ1v) is 15.0. The van der Waals surface area contributed by atoms with Crippen LogP contribution in [0.5, 0.6) is 0 Å². The predicted octanol–water partition coefficient (Wildman–Crippen LogP) is 9.92. The van der Waals surface area contributed by atoms with Gasteiger partial charge in [0.05, 0.1) is 11.2 Å². The standard InChI is InChI=1S/C35H38N2OS/c1-25-12-14-28-15-18-30(36-32(28)22-25)17-13-26-8-7-10-29(23-26)33(39-24-35(4)20-21-35)19-16-27-9-5-6-11-31(27)34(2,3)37-38/h5-15,17-18,22-23,33H,16,19-21,24H2,1-4H3/b17-13+. The molecule has 0 radical (unpaired) electrons. The van der Waals surface area contributed by atoms with Gasteiger partial charge < -0.3 is 0 Å². The van der Waals surface area contributed by atoms with Crippen molar-refractivity contribution in [2.24, 2.45) is 10.6 Å². The van der Waals surface area contributed by atoms with Crippen molar-refractivity contribution < 1.29 is 0 Å². The lowest BCUT2D eigenvalue weighted by molar-refractivity contribution is 0.544. The highest BCUT2D eigenvalue weighted by molar-refractivity contribution is 7.99. The number of hydrogen-bond donors (Lipinski definition) is 0. The molecule has 1 aliphatic rings. The van der Waals surface area contributed by atoms with Gasteiger partial charge in [0.2, 0.25) is 0 Å². The van der Waals surface area contributed by atoms with Crippen LogP contribution in [-0.2, 0) is 12.0 Å². The average Bonchev–Trinajstić information content (AvgIpc) is 3.69.